The van der Waals surface area contributed by atoms with Crippen molar-refractivity contribution in [3.05, 3.63) is 30.3 Å². The van der Waals surface area contributed by atoms with Gasteiger partial charge in [-0.15, -0.1) is 10.2 Å². The van der Waals surface area contributed by atoms with Crippen molar-refractivity contribution in [3.63, 3.8) is 0 Å². The van der Waals surface area contributed by atoms with Gasteiger partial charge in [0.15, 0.2) is 4.34 Å². The molecule has 2 N–H and O–H groups in total. The molecule has 0 aliphatic carbocycles. The van der Waals surface area contributed by atoms with Gasteiger partial charge in [-0.2, -0.15) is 0 Å². The lowest BCUT2D eigenvalue weighted by molar-refractivity contribution is -0.902. The Morgan fingerprint density at radius 1 is 1.32 bits per heavy atom. The van der Waals surface area contributed by atoms with Crippen molar-refractivity contribution in [2.45, 2.75) is 23.4 Å². The number of amides is 1. The summed E-state index contributed by atoms with van der Waals surface area (Å²) in [5.41, 5.74) is 0.982. The summed E-state index contributed by atoms with van der Waals surface area (Å²) in [7, 11) is 0. The van der Waals surface area contributed by atoms with E-state index >= 15 is 0 Å². The van der Waals surface area contributed by atoms with Gasteiger partial charge in [0.25, 0.3) is 0 Å². The van der Waals surface area contributed by atoms with Crippen LogP contribution in [0.15, 0.2) is 34.7 Å². The minimum absolute atomic E-state index is 0.138. The van der Waals surface area contributed by atoms with Crippen molar-refractivity contribution in [2.75, 3.05) is 38.0 Å². The number of carbonyl (C=O) groups excluding carboxylic acids is 1. The topological polar surface area (TPSA) is 62.6 Å². The Bertz CT molecular complexity index is 685. The average Bonchev–Trinajstić information content (AvgIpc) is 3.08. The molecule has 8 heteroatoms. The number of rotatable bonds is 6. The second kappa shape index (κ2) is 8.64. The summed E-state index contributed by atoms with van der Waals surface area (Å²) < 4.78 is 0.817. The summed E-state index contributed by atoms with van der Waals surface area (Å²) >= 11 is 2.97. The van der Waals surface area contributed by atoms with Crippen LogP contribution in [-0.4, -0.2) is 59.0 Å². The summed E-state index contributed by atoms with van der Waals surface area (Å²) in [4.78, 5) is 16.2. The lowest BCUT2D eigenvalue weighted by Gasteiger charge is -2.32. The van der Waals surface area contributed by atoms with Gasteiger partial charge in [-0.3, -0.25) is 4.79 Å². The Balaban J connectivity index is 1.53. The van der Waals surface area contributed by atoms with Gasteiger partial charge in [0, 0.05) is 5.69 Å². The van der Waals surface area contributed by atoms with Crippen LogP contribution < -0.4 is 10.2 Å². The maximum Gasteiger partial charge on any atom is 0.236 e. The highest BCUT2D eigenvalue weighted by molar-refractivity contribution is 8.02. The number of carbonyl (C=O) groups is 1. The van der Waals surface area contributed by atoms with Crippen molar-refractivity contribution >= 4 is 39.8 Å². The molecule has 1 fully saturated rings. The molecule has 25 heavy (non-hydrogen) atoms. The highest BCUT2D eigenvalue weighted by Crippen LogP contribution is 2.31. The molecule has 0 bridgehead atoms. The molecule has 0 spiro atoms. The first-order valence-corrected chi connectivity index (χ1v) is 10.3. The maximum atomic E-state index is 12.6. The standard InChI is InChI=1S/C17H23N5OS2/c1-3-21-9-11-22(12-10-21)15(23)13(2)24-17-20-19-16(25-17)18-14-7-5-4-6-8-14/h4-8,13H,3,9-12H2,1-2H3,(H,18,19)/p+1/t13-/m0/s1. The number of hydrogen-bond donors (Lipinski definition) is 2. The second-order valence-electron chi connectivity index (χ2n) is 6.05. The number of nitrogens with one attached hydrogen (secondary N) is 2. The van der Waals surface area contributed by atoms with Gasteiger partial charge < -0.3 is 15.1 Å². The predicted molar refractivity (Wildman–Crippen MR) is 103 cm³/mol. The smallest absolute Gasteiger partial charge is 0.236 e. The van der Waals surface area contributed by atoms with E-state index < -0.39 is 0 Å². The minimum atomic E-state index is -0.138. The third-order valence-corrected chi connectivity index (χ3v) is 6.35. The molecule has 1 aromatic heterocycles. The number of aromatic nitrogens is 2. The van der Waals surface area contributed by atoms with E-state index in [1.807, 2.05) is 42.2 Å². The zero-order chi connectivity index (χ0) is 17.6. The van der Waals surface area contributed by atoms with Crippen LogP contribution in [0.2, 0.25) is 0 Å². The van der Waals surface area contributed by atoms with Crippen molar-refractivity contribution in [1.82, 2.24) is 15.1 Å². The summed E-state index contributed by atoms with van der Waals surface area (Å²) in [5, 5.41) is 12.2. The van der Waals surface area contributed by atoms with E-state index in [0.29, 0.717) is 0 Å². The maximum absolute atomic E-state index is 12.6. The lowest BCUT2D eigenvalue weighted by atomic mass is 10.3. The molecule has 3 rings (SSSR count). The second-order valence-corrected chi connectivity index (χ2v) is 8.62. The predicted octanol–water partition coefficient (Wildman–Crippen LogP) is 1.51. The fraction of sp³-hybridized carbons (Fsp3) is 0.471. The highest BCUT2D eigenvalue weighted by atomic mass is 32.2. The van der Waals surface area contributed by atoms with Gasteiger partial charge in [-0.05, 0) is 26.0 Å². The fourth-order valence-corrected chi connectivity index (χ4v) is 4.81. The molecule has 1 atom stereocenters. The highest BCUT2D eigenvalue weighted by Gasteiger charge is 2.27. The van der Waals surface area contributed by atoms with Gasteiger partial charge in [0.1, 0.15) is 0 Å². The Morgan fingerprint density at radius 2 is 2.04 bits per heavy atom. The number of nitrogens with zero attached hydrogens (tertiary/aromatic N) is 3. The van der Waals surface area contributed by atoms with Gasteiger partial charge >= 0.3 is 0 Å². The van der Waals surface area contributed by atoms with Crippen LogP contribution in [-0.2, 0) is 4.79 Å². The van der Waals surface area contributed by atoms with Crippen LogP contribution in [0, 0.1) is 0 Å². The monoisotopic (exact) mass is 378 g/mol. The number of benzene rings is 1. The molecule has 2 aromatic rings. The van der Waals surface area contributed by atoms with Crippen molar-refractivity contribution in [3.8, 4) is 0 Å². The van der Waals surface area contributed by atoms with E-state index in [1.54, 1.807) is 4.90 Å². The zero-order valence-electron chi connectivity index (χ0n) is 14.6. The Morgan fingerprint density at radius 3 is 2.72 bits per heavy atom. The van der Waals surface area contributed by atoms with Crippen molar-refractivity contribution < 1.29 is 9.69 Å². The van der Waals surface area contributed by atoms with E-state index in [1.165, 1.54) is 23.1 Å². The molecular weight excluding hydrogens is 354 g/mol. The van der Waals surface area contributed by atoms with E-state index in [-0.39, 0.29) is 11.2 Å². The summed E-state index contributed by atoms with van der Waals surface area (Å²) in [6.07, 6.45) is 0. The summed E-state index contributed by atoms with van der Waals surface area (Å²) in [5.74, 6) is 0.202. The van der Waals surface area contributed by atoms with Crippen LogP contribution in [0.5, 0.6) is 0 Å². The van der Waals surface area contributed by atoms with E-state index in [4.69, 9.17) is 0 Å². The number of thioether (sulfide) groups is 1. The van der Waals surface area contributed by atoms with E-state index in [2.05, 4.69) is 22.4 Å². The fourth-order valence-electron chi connectivity index (χ4n) is 2.81. The first-order chi connectivity index (χ1) is 12.2. The first-order valence-electron chi connectivity index (χ1n) is 8.60. The average molecular weight is 379 g/mol. The summed E-state index contributed by atoms with van der Waals surface area (Å²) in [6.45, 7) is 9.08. The number of hydrogen-bond acceptors (Lipinski definition) is 6. The normalized spacial score (nSPS) is 16.6. The largest absolute Gasteiger partial charge is 0.332 e. The molecule has 0 radical (unpaired) electrons. The lowest BCUT2D eigenvalue weighted by Crippen LogP contribution is -3.14. The van der Waals surface area contributed by atoms with Gasteiger partial charge in [0.2, 0.25) is 11.0 Å². The first kappa shape index (κ1) is 18.2. The molecule has 1 aliphatic rings. The number of para-hydroxylation sites is 1. The van der Waals surface area contributed by atoms with Crippen LogP contribution in [0.3, 0.4) is 0 Å². The van der Waals surface area contributed by atoms with Crippen LogP contribution in [0.4, 0.5) is 10.8 Å². The van der Waals surface area contributed by atoms with Crippen molar-refractivity contribution in [2.24, 2.45) is 0 Å². The number of likely N-dealkylation sites (N-methyl/N-ethyl adjacent to an activating group) is 1. The van der Waals surface area contributed by atoms with Gasteiger partial charge in [0.05, 0.1) is 38.0 Å². The Kier molecular flexibility index (Phi) is 6.28. The number of piperazine rings is 1. The molecule has 2 heterocycles. The van der Waals surface area contributed by atoms with Crippen LogP contribution >= 0.6 is 23.1 Å². The quantitative estimate of drug-likeness (QED) is 0.746. The minimum Gasteiger partial charge on any atom is -0.332 e. The molecule has 0 unspecified atom stereocenters. The Hall–Kier alpha value is -1.64. The third kappa shape index (κ3) is 4.93. The third-order valence-electron chi connectivity index (χ3n) is 4.34. The molecule has 1 saturated heterocycles. The molecule has 1 amide bonds. The molecule has 134 valence electrons. The molecule has 6 nitrogen and oxygen atoms in total. The summed E-state index contributed by atoms with van der Waals surface area (Å²) in [6, 6.07) is 9.89. The Labute approximate surface area is 156 Å². The SMILES string of the molecule is CC[NH+]1CCN(C(=O)[C@H](C)Sc2nnc(Nc3ccccc3)s2)CC1. The van der Waals surface area contributed by atoms with Crippen LogP contribution in [0.25, 0.3) is 0 Å². The van der Waals surface area contributed by atoms with Gasteiger partial charge in [-0.25, -0.2) is 0 Å². The van der Waals surface area contributed by atoms with Crippen molar-refractivity contribution in [1.29, 1.82) is 0 Å². The zero-order valence-corrected chi connectivity index (χ0v) is 16.2. The molecule has 1 aliphatic heterocycles. The molecule has 0 saturated carbocycles. The van der Waals surface area contributed by atoms with Crippen LogP contribution in [0.1, 0.15) is 13.8 Å². The van der Waals surface area contributed by atoms with E-state index in [0.717, 1.165) is 47.9 Å². The molecular formula is C17H24N5OS2+. The number of quaternary nitrogens is 1. The molecule has 1 aromatic carbocycles. The van der Waals surface area contributed by atoms with E-state index in [9.17, 15) is 4.79 Å². The van der Waals surface area contributed by atoms with Gasteiger partial charge in [-0.1, -0.05) is 41.3 Å². The number of anilines is 2.